The molecule has 174 valence electrons. The Labute approximate surface area is 197 Å². The summed E-state index contributed by atoms with van der Waals surface area (Å²) in [7, 11) is 0. The molecular weight excluding hydrogens is 448 g/mol. The number of anilines is 1. The quantitative estimate of drug-likeness (QED) is 0.339. The highest BCUT2D eigenvalue weighted by atomic mass is 16.2. The second-order valence-electron chi connectivity index (χ2n) is 7.75. The Morgan fingerprint density at radius 2 is 1.66 bits per heavy atom. The smallest absolute Gasteiger partial charge is 0.306 e. The molecule has 35 heavy (non-hydrogen) atoms. The molecular formula is C25H20N6O4. The van der Waals surface area contributed by atoms with Crippen molar-refractivity contribution in [2.24, 2.45) is 0 Å². The molecule has 1 amide bonds. The van der Waals surface area contributed by atoms with Crippen LogP contribution in [-0.2, 0) is 6.54 Å². The van der Waals surface area contributed by atoms with E-state index in [1.54, 1.807) is 61.5 Å². The number of benzene rings is 3. The lowest BCUT2D eigenvalue weighted by Gasteiger charge is -2.14. The molecule has 10 nitrogen and oxygen atoms in total. The molecule has 0 aliphatic carbocycles. The Hall–Kier alpha value is -4.99. The van der Waals surface area contributed by atoms with E-state index in [1.807, 2.05) is 0 Å². The number of hydrogen-bond donors (Lipinski definition) is 3. The van der Waals surface area contributed by atoms with Crippen molar-refractivity contribution in [3.05, 3.63) is 110 Å². The topological polar surface area (TPSA) is 131 Å². The van der Waals surface area contributed by atoms with Gasteiger partial charge in [0, 0.05) is 12.1 Å². The first-order valence-electron chi connectivity index (χ1n) is 10.9. The third-order valence-corrected chi connectivity index (χ3v) is 5.64. The Balaban J connectivity index is 1.46. The normalized spacial score (nSPS) is 11.0. The van der Waals surface area contributed by atoms with Gasteiger partial charge in [0.25, 0.3) is 17.0 Å². The molecule has 0 unspecified atom stereocenters. The molecule has 0 atom stereocenters. The van der Waals surface area contributed by atoms with E-state index in [0.29, 0.717) is 23.1 Å². The van der Waals surface area contributed by atoms with Crippen molar-refractivity contribution in [3.63, 3.8) is 0 Å². The van der Waals surface area contributed by atoms with Gasteiger partial charge in [0.05, 0.1) is 27.5 Å². The van der Waals surface area contributed by atoms with Gasteiger partial charge in [-0.2, -0.15) is 0 Å². The zero-order valence-corrected chi connectivity index (χ0v) is 18.6. The average molecular weight is 468 g/mol. The SMILES string of the molecule is CCn1c(NNC(=O)c2ccc3c(=O)n(-c4ccccc4)c(=O)[nH]c3c2)nc2ccccc2c1=O. The van der Waals surface area contributed by atoms with Gasteiger partial charge in [-0.05, 0) is 49.4 Å². The number of para-hydroxylation sites is 2. The van der Waals surface area contributed by atoms with Gasteiger partial charge in [-0.1, -0.05) is 30.3 Å². The first kappa shape index (κ1) is 21.8. The van der Waals surface area contributed by atoms with Crippen molar-refractivity contribution < 1.29 is 4.79 Å². The summed E-state index contributed by atoms with van der Waals surface area (Å²) in [6, 6.07) is 19.9. The van der Waals surface area contributed by atoms with E-state index >= 15 is 0 Å². The van der Waals surface area contributed by atoms with Crippen LogP contribution in [0.25, 0.3) is 27.5 Å². The summed E-state index contributed by atoms with van der Waals surface area (Å²) in [5, 5.41) is 0.736. The number of carbonyl (C=O) groups excluding carboxylic acids is 1. The van der Waals surface area contributed by atoms with Crippen LogP contribution < -0.4 is 27.7 Å². The number of carbonyl (C=O) groups is 1. The van der Waals surface area contributed by atoms with Gasteiger partial charge in [0.1, 0.15) is 0 Å². The minimum atomic E-state index is -0.614. The number of fused-ring (bicyclic) bond motifs is 2. The predicted molar refractivity (Wildman–Crippen MR) is 133 cm³/mol. The lowest BCUT2D eigenvalue weighted by atomic mass is 10.1. The summed E-state index contributed by atoms with van der Waals surface area (Å²) in [6.07, 6.45) is 0. The van der Waals surface area contributed by atoms with Gasteiger partial charge in [-0.3, -0.25) is 29.8 Å². The standard InChI is InChI=1S/C25H20N6O4/c1-2-30-22(33)17-10-6-7-11-19(17)26-24(30)29-28-21(32)15-12-13-18-20(14-15)27-25(35)31(23(18)34)16-8-4-3-5-9-16/h3-14H,2H2,1H3,(H,26,29)(H,27,35)(H,28,32). The average Bonchev–Trinajstić information content (AvgIpc) is 2.87. The highest BCUT2D eigenvalue weighted by molar-refractivity contribution is 5.98. The van der Waals surface area contributed by atoms with Crippen LogP contribution in [0.3, 0.4) is 0 Å². The zero-order chi connectivity index (χ0) is 24.5. The Bertz CT molecular complexity index is 1770. The molecule has 3 N–H and O–H groups in total. The van der Waals surface area contributed by atoms with Gasteiger partial charge in [0.15, 0.2) is 0 Å². The molecule has 0 fully saturated rings. The summed E-state index contributed by atoms with van der Waals surface area (Å²) in [5.41, 5.74) is 5.27. The lowest BCUT2D eigenvalue weighted by Crippen LogP contribution is -2.35. The number of aromatic nitrogens is 4. The summed E-state index contributed by atoms with van der Waals surface area (Å²) < 4.78 is 2.45. The van der Waals surface area contributed by atoms with Crippen molar-refractivity contribution in [2.45, 2.75) is 13.5 Å². The van der Waals surface area contributed by atoms with Crippen molar-refractivity contribution in [1.29, 1.82) is 0 Å². The lowest BCUT2D eigenvalue weighted by molar-refractivity contribution is 0.0962. The minimum absolute atomic E-state index is 0.185. The van der Waals surface area contributed by atoms with Crippen LogP contribution in [0.1, 0.15) is 17.3 Å². The van der Waals surface area contributed by atoms with Crippen LogP contribution in [-0.4, -0.2) is 25.0 Å². The number of nitrogens with zero attached hydrogens (tertiary/aromatic N) is 3. The van der Waals surface area contributed by atoms with E-state index in [9.17, 15) is 19.2 Å². The highest BCUT2D eigenvalue weighted by Gasteiger charge is 2.14. The Morgan fingerprint density at radius 1 is 0.914 bits per heavy atom. The fourth-order valence-corrected chi connectivity index (χ4v) is 3.91. The molecule has 10 heteroatoms. The fraction of sp³-hybridized carbons (Fsp3) is 0.0800. The van der Waals surface area contributed by atoms with Crippen LogP contribution in [0.4, 0.5) is 5.95 Å². The van der Waals surface area contributed by atoms with E-state index in [4.69, 9.17) is 0 Å². The largest absolute Gasteiger partial charge is 0.333 e. The number of rotatable bonds is 5. The van der Waals surface area contributed by atoms with Crippen molar-refractivity contribution in [3.8, 4) is 5.69 Å². The maximum Gasteiger partial charge on any atom is 0.333 e. The summed E-state index contributed by atoms with van der Waals surface area (Å²) in [4.78, 5) is 58.2. The van der Waals surface area contributed by atoms with Gasteiger partial charge in [-0.25, -0.2) is 14.3 Å². The van der Waals surface area contributed by atoms with Crippen LogP contribution in [0.5, 0.6) is 0 Å². The molecule has 0 aliphatic rings. The van der Waals surface area contributed by atoms with Gasteiger partial charge in [0.2, 0.25) is 5.95 Å². The Kier molecular flexibility index (Phi) is 5.46. The molecule has 0 aliphatic heterocycles. The number of nitrogens with one attached hydrogen (secondary N) is 3. The molecule has 0 saturated carbocycles. The third kappa shape index (κ3) is 3.86. The summed E-state index contributed by atoms with van der Waals surface area (Å²) in [6.45, 7) is 2.15. The van der Waals surface area contributed by atoms with Crippen molar-refractivity contribution >= 4 is 33.7 Å². The van der Waals surface area contributed by atoms with E-state index in [0.717, 1.165) is 4.57 Å². The first-order valence-corrected chi connectivity index (χ1v) is 10.9. The van der Waals surface area contributed by atoms with Crippen LogP contribution in [0.15, 0.2) is 87.2 Å². The number of amides is 1. The summed E-state index contributed by atoms with van der Waals surface area (Å²) >= 11 is 0. The molecule has 3 aromatic carbocycles. The molecule has 2 aromatic heterocycles. The van der Waals surface area contributed by atoms with E-state index in [-0.39, 0.29) is 28.0 Å². The molecule has 0 saturated heterocycles. The van der Waals surface area contributed by atoms with Crippen LogP contribution >= 0.6 is 0 Å². The molecule has 5 aromatic rings. The number of aromatic amines is 1. The third-order valence-electron chi connectivity index (χ3n) is 5.64. The van der Waals surface area contributed by atoms with Crippen molar-refractivity contribution in [1.82, 2.24) is 24.5 Å². The van der Waals surface area contributed by atoms with Gasteiger partial charge in [-0.15, -0.1) is 0 Å². The number of H-pyrrole nitrogens is 1. The molecule has 2 heterocycles. The van der Waals surface area contributed by atoms with E-state index < -0.39 is 17.2 Å². The first-order chi connectivity index (χ1) is 17.0. The highest BCUT2D eigenvalue weighted by Crippen LogP contribution is 2.13. The number of hydrogen-bond acceptors (Lipinski definition) is 6. The monoisotopic (exact) mass is 468 g/mol. The molecule has 5 rings (SSSR count). The zero-order valence-electron chi connectivity index (χ0n) is 18.6. The fourth-order valence-electron chi connectivity index (χ4n) is 3.91. The number of hydrazine groups is 1. The van der Waals surface area contributed by atoms with Crippen LogP contribution in [0.2, 0.25) is 0 Å². The minimum Gasteiger partial charge on any atom is -0.306 e. The molecule has 0 radical (unpaired) electrons. The maximum atomic E-state index is 12.9. The predicted octanol–water partition coefficient (Wildman–Crippen LogP) is 2.17. The second kappa shape index (κ2) is 8.75. The van der Waals surface area contributed by atoms with Crippen molar-refractivity contribution in [2.75, 3.05) is 5.43 Å². The second-order valence-corrected chi connectivity index (χ2v) is 7.75. The van der Waals surface area contributed by atoms with Gasteiger partial charge < -0.3 is 4.98 Å². The van der Waals surface area contributed by atoms with Crippen LogP contribution in [0, 0.1) is 0 Å². The van der Waals surface area contributed by atoms with Gasteiger partial charge >= 0.3 is 5.69 Å². The molecule has 0 spiro atoms. The summed E-state index contributed by atoms with van der Waals surface area (Å²) in [5.74, 6) is -0.352. The molecule has 0 bridgehead atoms. The van der Waals surface area contributed by atoms with E-state index in [1.165, 1.54) is 22.8 Å². The maximum absolute atomic E-state index is 12.9. The Morgan fingerprint density at radius 3 is 2.43 bits per heavy atom. The van der Waals surface area contributed by atoms with E-state index in [2.05, 4.69) is 20.8 Å².